The molecule has 0 aliphatic rings. The number of rotatable bonds is 7. The van der Waals surface area contributed by atoms with E-state index in [1.54, 1.807) is 30.3 Å². The maximum Gasteiger partial charge on any atom is 0.416 e. The molecule has 0 amide bonds. The summed E-state index contributed by atoms with van der Waals surface area (Å²) in [7, 11) is 0. The van der Waals surface area contributed by atoms with Gasteiger partial charge < -0.3 is 9.63 Å². The van der Waals surface area contributed by atoms with Gasteiger partial charge in [-0.2, -0.15) is 26.3 Å². The fraction of sp³-hybridized carbons (Fsp3) is 0.143. The Balaban J connectivity index is 1.68. The molecule has 0 saturated heterocycles. The van der Waals surface area contributed by atoms with Gasteiger partial charge in [-0.1, -0.05) is 52.3 Å². The third-order valence-electron chi connectivity index (χ3n) is 6.30. The van der Waals surface area contributed by atoms with E-state index < -0.39 is 48.2 Å². The molecule has 0 atom stereocenters. The number of aromatic nitrogens is 4. The lowest BCUT2D eigenvalue weighted by Crippen LogP contribution is -2.13. The van der Waals surface area contributed by atoms with E-state index in [-0.39, 0.29) is 50.6 Å². The van der Waals surface area contributed by atoms with Crippen LogP contribution in [-0.2, 0) is 25.5 Å². The first kappa shape index (κ1) is 29.9. The van der Waals surface area contributed by atoms with Crippen LogP contribution in [0, 0.1) is 5.82 Å². The molecule has 0 spiro atoms. The maximum absolute atomic E-state index is 13.6. The van der Waals surface area contributed by atoms with Crippen molar-refractivity contribution in [1.29, 1.82) is 0 Å². The van der Waals surface area contributed by atoms with E-state index in [4.69, 9.17) is 16.1 Å². The average molecular weight is 625 g/mol. The normalized spacial score (nSPS) is 12.1. The van der Waals surface area contributed by atoms with Gasteiger partial charge >= 0.3 is 12.4 Å². The highest BCUT2D eigenvalue weighted by Gasteiger charge is 2.37. The van der Waals surface area contributed by atoms with Crippen molar-refractivity contribution in [1.82, 2.24) is 20.2 Å². The summed E-state index contributed by atoms with van der Waals surface area (Å²) in [5.41, 5.74) is -3.85. The third kappa shape index (κ3) is 6.01. The zero-order valence-electron chi connectivity index (χ0n) is 21.3. The van der Waals surface area contributed by atoms with Crippen molar-refractivity contribution in [3.05, 3.63) is 111 Å². The molecule has 15 heteroatoms. The number of carbonyl (C=O) groups is 1. The molecule has 3 aromatic carbocycles. The number of hydrogen-bond acceptors (Lipinski definition) is 6. The molecular weight excluding hydrogens is 609 g/mol. The average Bonchev–Trinajstić information content (AvgIpc) is 3.56. The van der Waals surface area contributed by atoms with Crippen LogP contribution < -0.4 is 0 Å². The highest BCUT2D eigenvalue weighted by atomic mass is 35.5. The number of carbonyl (C=O) groups excluding carboxylic acids is 1. The quantitative estimate of drug-likeness (QED) is 0.152. The zero-order chi connectivity index (χ0) is 31.1. The fourth-order valence-corrected chi connectivity index (χ4v) is 4.64. The van der Waals surface area contributed by atoms with Gasteiger partial charge in [0.1, 0.15) is 23.8 Å². The van der Waals surface area contributed by atoms with Gasteiger partial charge in [0, 0.05) is 11.1 Å². The summed E-state index contributed by atoms with van der Waals surface area (Å²) < 4.78 is 101. The van der Waals surface area contributed by atoms with Crippen molar-refractivity contribution >= 4 is 17.4 Å². The molecule has 0 bridgehead atoms. The van der Waals surface area contributed by atoms with E-state index in [0.29, 0.717) is 17.7 Å². The maximum atomic E-state index is 13.6. The molecule has 2 aromatic heterocycles. The Morgan fingerprint density at radius 3 is 2.14 bits per heavy atom. The second-order valence-corrected chi connectivity index (χ2v) is 9.57. The van der Waals surface area contributed by atoms with Gasteiger partial charge in [0.2, 0.25) is 5.78 Å². The molecule has 7 nitrogen and oxygen atoms in total. The van der Waals surface area contributed by atoms with Gasteiger partial charge in [0.05, 0.1) is 34.0 Å². The van der Waals surface area contributed by atoms with Crippen molar-refractivity contribution in [2.24, 2.45) is 0 Å². The summed E-state index contributed by atoms with van der Waals surface area (Å²) in [5.74, 6) is -1.85. The van der Waals surface area contributed by atoms with Crippen LogP contribution in [0.15, 0.2) is 71.3 Å². The first-order valence-corrected chi connectivity index (χ1v) is 12.5. The topological polar surface area (TPSA) is 94.0 Å². The lowest BCUT2D eigenvalue weighted by molar-refractivity contribution is -0.143. The molecule has 0 fully saturated rings. The molecule has 1 N–H and O–H groups in total. The van der Waals surface area contributed by atoms with Gasteiger partial charge in [-0.25, -0.2) is 9.07 Å². The molecule has 2 heterocycles. The largest absolute Gasteiger partial charge is 0.416 e. The Morgan fingerprint density at radius 1 is 0.907 bits per heavy atom. The van der Waals surface area contributed by atoms with Crippen LogP contribution >= 0.6 is 11.6 Å². The van der Waals surface area contributed by atoms with E-state index in [2.05, 4.69) is 15.5 Å². The number of alkyl halides is 6. The molecule has 0 aliphatic carbocycles. The predicted octanol–water partition coefficient (Wildman–Crippen LogP) is 7.20. The summed E-state index contributed by atoms with van der Waals surface area (Å²) in [6.45, 7) is -1.39. The van der Waals surface area contributed by atoms with Crippen molar-refractivity contribution in [2.75, 3.05) is 0 Å². The second-order valence-electron chi connectivity index (χ2n) is 9.17. The van der Waals surface area contributed by atoms with Crippen LogP contribution in [0.3, 0.4) is 0 Å². The summed E-state index contributed by atoms with van der Waals surface area (Å²) in [4.78, 5) is 13.5. The molecular formula is C28H16ClF7N4O3. The van der Waals surface area contributed by atoms with Crippen LogP contribution in [0.25, 0.3) is 22.6 Å². The van der Waals surface area contributed by atoms with Crippen molar-refractivity contribution in [3.63, 3.8) is 0 Å². The molecule has 0 radical (unpaired) electrons. The Labute approximate surface area is 242 Å². The molecule has 5 aromatic rings. The van der Waals surface area contributed by atoms with E-state index in [0.717, 1.165) is 22.9 Å². The first-order chi connectivity index (χ1) is 20.3. The number of aliphatic hydroxyl groups is 1. The summed E-state index contributed by atoms with van der Waals surface area (Å²) >= 11 is 6.08. The minimum absolute atomic E-state index is 0.0126. The van der Waals surface area contributed by atoms with Crippen molar-refractivity contribution in [2.45, 2.75) is 25.5 Å². The van der Waals surface area contributed by atoms with E-state index in [9.17, 15) is 40.6 Å². The number of ketones is 1. The Hall–Kier alpha value is -4.56. The number of aliphatic hydroxyl groups excluding tert-OH is 1. The molecule has 0 aliphatic heterocycles. The van der Waals surface area contributed by atoms with Crippen LogP contribution in [-0.4, -0.2) is 31.0 Å². The van der Waals surface area contributed by atoms with Crippen LogP contribution in [0.2, 0.25) is 5.02 Å². The van der Waals surface area contributed by atoms with E-state index >= 15 is 0 Å². The Bertz CT molecular complexity index is 1780. The third-order valence-corrected chi connectivity index (χ3v) is 6.61. The smallest absolute Gasteiger partial charge is 0.388 e. The number of hydrogen-bond donors (Lipinski definition) is 1. The second kappa shape index (κ2) is 11.3. The molecule has 0 unspecified atom stereocenters. The Morgan fingerprint density at radius 2 is 1.56 bits per heavy atom. The van der Waals surface area contributed by atoms with Gasteiger partial charge in [-0.3, -0.25) is 4.79 Å². The zero-order valence-corrected chi connectivity index (χ0v) is 22.1. The number of nitrogens with zero attached hydrogens (tertiary/aromatic N) is 4. The molecule has 43 heavy (non-hydrogen) atoms. The molecule has 222 valence electrons. The van der Waals surface area contributed by atoms with Gasteiger partial charge in [0.25, 0.3) is 0 Å². The number of halogens is 8. The minimum Gasteiger partial charge on any atom is -0.388 e. The van der Waals surface area contributed by atoms with Crippen LogP contribution in [0.5, 0.6) is 0 Å². The van der Waals surface area contributed by atoms with Crippen molar-refractivity contribution < 1.29 is 45.2 Å². The van der Waals surface area contributed by atoms with Gasteiger partial charge in [-0.15, -0.1) is 5.10 Å². The molecule has 0 saturated carbocycles. The lowest BCUT2D eigenvalue weighted by Gasteiger charge is -2.15. The molecule has 5 rings (SSSR count). The standard InChI is InChI=1S/C28H16ClF7N4O3/c29-20-11-18(30)6-7-19(20)26(42)22-21(13-41)43-38-23(22)24-25(15-4-2-1-3-5-15)40(39-37-24)12-14-8-16(27(31,32)33)10-17(9-14)28(34,35)36/h1-11,41H,12-13H2. The predicted molar refractivity (Wildman–Crippen MR) is 137 cm³/mol. The monoisotopic (exact) mass is 624 g/mol. The Kier molecular flexibility index (Phi) is 7.84. The lowest BCUT2D eigenvalue weighted by atomic mass is 9.98. The first-order valence-electron chi connectivity index (χ1n) is 12.1. The van der Waals surface area contributed by atoms with E-state index in [1.807, 2.05) is 0 Å². The number of benzene rings is 3. The summed E-state index contributed by atoms with van der Waals surface area (Å²) in [5, 5.41) is 21.5. The summed E-state index contributed by atoms with van der Waals surface area (Å²) in [6.07, 6.45) is -10.1. The van der Waals surface area contributed by atoms with E-state index in [1.165, 1.54) is 0 Å². The van der Waals surface area contributed by atoms with Crippen LogP contribution in [0.1, 0.15) is 38.4 Å². The fourth-order valence-electron chi connectivity index (χ4n) is 4.38. The van der Waals surface area contributed by atoms with Crippen LogP contribution in [0.4, 0.5) is 30.7 Å². The van der Waals surface area contributed by atoms with Crippen molar-refractivity contribution in [3.8, 4) is 22.6 Å². The SMILES string of the molecule is O=C(c1ccc(F)cc1Cl)c1c(-c2nnn(Cc3cc(C(F)(F)F)cc(C(F)(F)F)c3)c2-c2ccccc2)noc1CO. The minimum atomic E-state index is -5.07. The highest BCUT2D eigenvalue weighted by Crippen LogP contribution is 2.38. The van der Waals surface area contributed by atoms with Gasteiger partial charge in [-0.05, 0) is 42.0 Å². The highest BCUT2D eigenvalue weighted by molar-refractivity contribution is 6.35. The van der Waals surface area contributed by atoms with Gasteiger partial charge in [0.15, 0.2) is 5.76 Å². The summed E-state index contributed by atoms with van der Waals surface area (Å²) in [6, 6.07) is 12.1.